The van der Waals surface area contributed by atoms with Crippen LogP contribution in [0.15, 0.2) is 180 Å². The monoisotopic (exact) mass is 627 g/mol. The van der Waals surface area contributed by atoms with Crippen molar-refractivity contribution in [3.05, 3.63) is 176 Å². The number of fused-ring (bicyclic) bond motifs is 3. The highest BCUT2D eigenvalue weighted by molar-refractivity contribution is 6.15. The van der Waals surface area contributed by atoms with E-state index in [4.69, 9.17) is 19.4 Å². The molecule has 0 amide bonds. The summed E-state index contributed by atoms with van der Waals surface area (Å²) in [5.74, 6) is 1.81. The minimum Gasteiger partial charge on any atom is -0.455 e. The second kappa shape index (κ2) is 12.2. The van der Waals surface area contributed by atoms with Gasteiger partial charge in [-0.25, -0.2) is 15.0 Å². The van der Waals surface area contributed by atoms with Crippen molar-refractivity contribution in [3.63, 3.8) is 0 Å². The van der Waals surface area contributed by atoms with Crippen molar-refractivity contribution in [2.75, 3.05) is 0 Å². The molecular formula is C45H29N3O. The predicted octanol–water partition coefficient (Wildman–Crippen LogP) is 11.8. The van der Waals surface area contributed by atoms with E-state index in [1.165, 1.54) is 0 Å². The molecule has 0 radical (unpaired) electrons. The maximum Gasteiger partial charge on any atom is 0.164 e. The Balaban J connectivity index is 1.29. The maximum atomic E-state index is 6.59. The van der Waals surface area contributed by atoms with Crippen LogP contribution in [0.2, 0.25) is 0 Å². The van der Waals surface area contributed by atoms with Crippen LogP contribution in [0.5, 0.6) is 0 Å². The summed E-state index contributed by atoms with van der Waals surface area (Å²) in [5, 5.41) is 2.00. The first-order chi connectivity index (χ1) is 24.3. The van der Waals surface area contributed by atoms with Gasteiger partial charge in [0, 0.05) is 33.0 Å². The number of rotatable bonds is 6. The molecule has 230 valence electrons. The molecule has 0 spiro atoms. The first kappa shape index (κ1) is 28.6. The highest BCUT2D eigenvalue weighted by Gasteiger charge is 2.20. The summed E-state index contributed by atoms with van der Waals surface area (Å²) in [6.07, 6.45) is 0. The van der Waals surface area contributed by atoms with E-state index in [2.05, 4.69) is 115 Å². The molecule has 0 fully saturated rings. The van der Waals surface area contributed by atoms with Gasteiger partial charge in [-0.3, -0.25) is 0 Å². The summed E-state index contributed by atoms with van der Waals surface area (Å²) in [6.45, 7) is 0. The molecule has 9 rings (SSSR count). The standard InChI is InChI=1S/C45H29N3O/c1-5-15-30(16-6-1)34-27-35(31-17-7-2-8-18-31)29-36(28-34)44-46-43(33-21-11-4-12-22-33)47-45(48-44)39-25-14-26-40-41(39)38-24-13-23-37(42(38)49-40)32-19-9-3-10-20-32/h1-29H. The minimum absolute atomic E-state index is 0.591. The summed E-state index contributed by atoms with van der Waals surface area (Å²) < 4.78 is 6.59. The minimum atomic E-state index is 0.591. The van der Waals surface area contributed by atoms with Crippen LogP contribution in [0.25, 0.3) is 89.5 Å². The molecule has 0 unspecified atom stereocenters. The lowest BCUT2D eigenvalue weighted by atomic mass is 9.96. The van der Waals surface area contributed by atoms with Crippen LogP contribution in [-0.4, -0.2) is 15.0 Å². The number of hydrogen-bond donors (Lipinski definition) is 0. The normalized spacial score (nSPS) is 11.3. The van der Waals surface area contributed by atoms with E-state index in [-0.39, 0.29) is 0 Å². The Kier molecular flexibility index (Phi) is 7.10. The molecule has 0 aliphatic heterocycles. The third kappa shape index (κ3) is 5.35. The largest absolute Gasteiger partial charge is 0.455 e. The van der Waals surface area contributed by atoms with Gasteiger partial charge in [0.1, 0.15) is 11.2 Å². The number of aromatic nitrogens is 3. The Morgan fingerprint density at radius 3 is 1.41 bits per heavy atom. The van der Waals surface area contributed by atoms with Gasteiger partial charge < -0.3 is 4.42 Å². The highest BCUT2D eigenvalue weighted by atomic mass is 16.3. The predicted molar refractivity (Wildman–Crippen MR) is 200 cm³/mol. The van der Waals surface area contributed by atoms with Gasteiger partial charge >= 0.3 is 0 Å². The van der Waals surface area contributed by atoms with Crippen LogP contribution in [0.3, 0.4) is 0 Å². The first-order valence-electron chi connectivity index (χ1n) is 16.4. The lowest BCUT2D eigenvalue weighted by Crippen LogP contribution is -2.01. The number of furan rings is 1. The summed E-state index contributed by atoms with van der Waals surface area (Å²) in [6, 6.07) is 60.4. The molecule has 0 saturated heterocycles. The van der Waals surface area contributed by atoms with Crippen molar-refractivity contribution >= 4 is 21.9 Å². The van der Waals surface area contributed by atoms with Gasteiger partial charge in [-0.15, -0.1) is 0 Å². The van der Waals surface area contributed by atoms with Gasteiger partial charge in [0.25, 0.3) is 0 Å². The Morgan fingerprint density at radius 2 is 0.796 bits per heavy atom. The molecule has 4 nitrogen and oxygen atoms in total. The van der Waals surface area contributed by atoms with Crippen LogP contribution >= 0.6 is 0 Å². The molecule has 0 N–H and O–H groups in total. The van der Waals surface area contributed by atoms with E-state index in [0.29, 0.717) is 17.5 Å². The van der Waals surface area contributed by atoms with E-state index in [1.807, 2.05) is 60.7 Å². The van der Waals surface area contributed by atoms with E-state index in [0.717, 1.165) is 72.0 Å². The fourth-order valence-corrected chi connectivity index (χ4v) is 6.57. The molecule has 49 heavy (non-hydrogen) atoms. The van der Waals surface area contributed by atoms with Crippen molar-refractivity contribution < 1.29 is 4.42 Å². The lowest BCUT2D eigenvalue weighted by Gasteiger charge is -2.13. The van der Waals surface area contributed by atoms with Crippen molar-refractivity contribution in [1.82, 2.24) is 15.0 Å². The fourth-order valence-electron chi connectivity index (χ4n) is 6.57. The van der Waals surface area contributed by atoms with Gasteiger partial charge in [-0.05, 0) is 52.1 Å². The molecular weight excluding hydrogens is 599 g/mol. The van der Waals surface area contributed by atoms with Crippen LogP contribution in [0.1, 0.15) is 0 Å². The Morgan fingerprint density at radius 1 is 0.327 bits per heavy atom. The van der Waals surface area contributed by atoms with Crippen molar-refractivity contribution in [2.24, 2.45) is 0 Å². The van der Waals surface area contributed by atoms with Crippen molar-refractivity contribution in [1.29, 1.82) is 0 Å². The molecule has 0 aliphatic carbocycles. The zero-order valence-electron chi connectivity index (χ0n) is 26.5. The van der Waals surface area contributed by atoms with E-state index >= 15 is 0 Å². The Hall–Kier alpha value is -6.65. The number of hydrogen-bond acceptors (Lipinski definition) is 4. The second-order valence-electron chi connectivity index (χ2n) is 12.0. The number of para-hydroxylation sites is 1. The quantitative estimate of drug-likeness (QED) is 0.184. The van der Waals surface area contributed by atoms with Crippen LogP contribution in [0, 0.1) is 0 Å². The average Bonchev–Trinajstić information content (AvgIpc) is 3.58. The molecule has 0 saturated carbocycles. The third-order valence-corrected chi connectivity index (χ3v) is 8.92. The topological polar surface area (TPSA) is 51.8 Å². The average molecular weight is 628 g/mol. The van der Waals surface area contributed by atoms with Gasteiger partial charge in [-0.1, -0.05) is 152 Å². The van der Waals surface area contributed by atoms with Gasteiger partial charge in [-0.2, -0.15) is 0 Å². The molecule has 0 aliphatic rings. The van der Waals surface area contributed by atoms with Crippen molar-refractivity contribution in [3.8, 4) is 67.5 Å². The second-order valence-corrected chi connectivity index (χ2v) is 12.0. The molecule has 0 bridgehead atoms. The molecule has 4 heteroatoms. The van der Waals surface area contributed by atoms with Gasteiger partial charge in [0.15, 0.2) is 17.5 Å². The van der Waals surface area contributed by atoms with Crippen molar-refractivity contribution in [2.45, 2.75) is 0 Å². The zero-order chi connectivity index (χ0) is 32.6. The zero-order valence-corrected chi connectivity index (χ0v) is 26.5. The summed E-state index contributed by atoms with van der Waals surface area (Å²) in [4.78, 5) is 15.4. The molecule has 0 atom stereocenters. The molecule has 7 aromatic carbocycles. The highest BCUT2D eigenvalue weighted by Crippen LogP contribution is 2.40. The van der Waals surface area contributed by atoms with E-state index in [9.17, 15) is 0 Å². The first-order valence-corrected chi connectivity index (χ1v) is 16.4. The smallest absolute Gasteiger partial charge is 0.164 e. The summed E-state index contributed by atoms with van der Waals surface area (Å²) >= 11 is 0. The SMILES string of the molecule is c1ccc(-c2cc(-c3ccccc3)cc(-c3nc(-c4ccccc4)nc(-c4cccc5oc6c(-c7ccccc7)cccc6c45)n3)c2)cc1. The van der Waals surface area contributed by atoms with E-state index < -0.39 is 0 Å². The van der Waals surface area contributed by atoms with Crippen LogP contribution in [-0.2, 0) is 0 Å². The van der Waals surface area contributed by atoms with Crippen LogP contribution in [0.4, 0.5) is 0 Å². The fraction of sp³-hybridized carbons (Fsp3) is 0. The third-order valence-electron chi connectivity index (χ3n) is 8.92. The molecule has 2 aromatic heterocycles. The van der Waals surface area contributed by atoms with Gasteiger partial charge in [0.2, 0.25) is 0 Å². The Bertz CT molecular complexity index is 2520. The molecule has 9 aromatic rings. The number of benzene rings is 7. The molecule has 2 heterocycles. The summed E-state index contributed by atoms with van der Waals surface area (Å²) in [5.41, 5.74) is 11.0. The lowest BCUT2D eigenvalue weighted by molar-refractivity contribution is 0.670. The van der Waals surface area contributed by atoms with Gasteiger partial charge in [0.05, 0.1) is 0 Å². The number of nitrogens with zero attached hydrogens (tertiary/aromatic N) is 3. The van der Waals surface area contributed by atoms with E-state index in [1.54, 1.807) is 0 Å². The maximum absolute atomic E-state index is 6.59. The van der Waals surface area contributed by atoms with Crippen LogP contribution < -0.4 is 0 Å². The summed E-state index contributed by atoms with van der Waals surface area (Å²) in [7, 11) is 0. The Labute approximate surface area is 284 Å².